The Balaban J connectivity index is 1.56. The average Bonchev–Trinajstić information content (AvgIpc) is 2.93. The van der Waals surface area contributed by atoms with Crippen molar-refractivity contribution in [1.82, 2.24) is 10.2 Å². The molecule has 0 bridgehead atoms. The molecule has 0 amide bonds. The van der Waals surface area contributed by atoms with Gasteiger partial charge in [-0.15, -0.1) is 0 Å². The molecule has 1 fully saturated rings. The van der Waals surface area contributed by atoms with Crippen molar-refractivity contribution in [2.24, 2.45) is 0 Å². The van der Waals surface area contributed by atoms with Crippen LogP contribution in [0, 0.1) is 0 Å². The van der Waals surface area contributed by atoms with Crippen LogP contribution in [0.3, 0.4) is 0 Å². The Morgan fingerprint density at radius 1 is 1.21 bits per heavy atom. The van der Waals surface area contributed by atoms with Crippen LogP contribution in [-0.4, -0.2) is 49.5 Å². The summed E-state index contributed by atoms with van der Waals surface area (Å²) in [6, 6.07) is 5.66. The summed E-state index contributed by atoms with van der Waals surface area (Å²) >= 11 is 0. The van der Waals surface area contributed by atoms with Crippen molar-refractivity contribution in [3.8, 4) is 11.5 Å². The second kappa shape index (κ2) is 5.77. The minimum absolute atomic E-state index is 0.273. The molecule has 5 nitrogen and oxygen atoms in total. The molecule has 0 spiro atoms. The largest absolute Gasteiger partial charge is 0.454 e. The zero-order valence-corrected chi connectivity index (χ0v) is 11.0. The highest BCUT2D eigenvalue weighted by Gasteiger charge is 2.17. The smallest absolute Gasteiger partial charge is 0.231 e. The minimum atomic E-state index is -0.440. The number of piperazine rings is 1. The van der Waals surface area contributed by atoms with Crippen molar-refractivity contribution in [3.05, 3.63) is 23.8 Å². The van der Waals surface area contributed by atoms with Crippen LogP contribution >= 0.6 is 0 Å². The third-order valence-corrected chi connectivity index (χ3v) is 3.71. The Morgan fingerprint density at radius 2 is 2.00 bits per heavy atom. The molecule has 0 aromatic heterocycles. The zero-order chi connectivity index (χ0) is 13.1. The number of rotatable bonds is 4. The van der Waals surface area contributed by atoms with Gasteiger partial charge in [-0.05, 0) is 24.1 Å². The monoisotopic (exact) mass is 264 g/mol. The van der Waals surface area contributed by atoms with Crippen LogP contribution in [0.2, 0.25) is 0 Å². The third kappa shape index (κ3) is 3.00. The number of hydrogen-bond acceptors (Lipinski definition) is 5. The highest BCUT2D eigenvalue weighted by molar-refractivity contribution is 5.45. The van der Waals surface area contributed by atoms with Crippen molar-refractivity contribution in [3.63, 3.8) is 0 Å². The molecule has 2 N–H and O–H groups in total. The first kappa shape index (κ1) is 12.7. The molecule has 1 aromatic carbocycles. The van der Waals surface area contributed by atoms with Crippen molar-refractivity contribution < 1.29 is 14.6 Å². The molecule has 0 radical (unpaired) electrons. The molecule has 19 heavy (non-hydrogen) atoms. The fraction of sp³-hybridized carbons (Fsp3) is 0.571. The lowest BCUT2D eigenvalue weighted by atomic mass is 10.1. The first-order valence-electron chi connectivity index (χ1n) is 6.83. The van der Waals surface area contributed by atoms with Crippen LogP contribution in [0.5, 0.6) is 11.5 Å². The van der Waals surface area contributed by atoms with Gasteiger partial charge >= 0.3 is 0 Å². The maximum Gasteiger partial charge on any atom is 0.231 e. The lowest BCUT2D eigenvalue weighted by molar-refractivity contribution is 0.136. The van der Waals surface area contributed by atoms with Crippen LogP contribution in [-0.2, 0) is 0 Å². The predicted octanol–water partition coefficient (Wildman–Crippen LogP) is 0.744. The molecule has 0 saturated carbocycles. The highest BCUT2D eigenvalue weighted by Crippen LogP contribution is 2.34. The van der Waals surface area contributed by atoms with E-state index in [-0.39, 0.29) is 6.79 Å². The maximum absolute atomic E-state index is 10.2. The van der Waals surface area contributed by atoms with E-state index < -0.39 is 6.10 Å². The number of aliphatic hydroxyl groups excluding tert-OH is 1. The Bertz CT molecular complexity index is 433. The molecule has 3 rings (SSSR count). The van der Waals surface area contributed by atoms with Gasteiger partial charge in [-0.25, -0.2) is 0 Å². The zero-order valence-electron chi connectivity index (χ0n) is 11.0. The van der Waals surface area contributed by atoms with Crippen LogP contribution in [0.25, 0.3) is 0 Å². The molecule has 1 saturated heterocycles. The molecule has 1 atom stereocenters. The summed E-state index contributed by atoms with van der Waals surface area (Å²) in [4.78, 5) is 2.38. The van der Waals surface area contributed by atoms with E-state index >= 15 is 0 Å². The number of fused-ring (bicyclic) bond motifs is 1. The first-order chi connectivity index (χ1) is 9.33. The van der Waals surface area contributed by atoms with E-state index in [4.69, 9.17) is 9.47 Å². The lowest BCUT2D eigenvalue weighted by Gasteiger charge is -2.28. The van der Waals surface area contributed by atoms with E-state index in [0.717, 1.165) is 56.2 Å². The van der Waals surface area contributed by atoms with E-state index in [0.29, 0.717) is 0 Å². The molecule has 0 aliphatic carbocycles. The van der Waals surface area contributed by atoms with Crippen LogP contribution < -0.4 is 14.8 Å². The first-order valence-corrected chi connectivity index (χ1v) is 6.83. The average molecular weight is 264 g/mol. The number of nitrogens with zero attached hydrogens (tertiary/aromatic N) is 1. The van der Waals surface area contributed by atoms with Crippen LogP contribution in [0.1, 0.15) is 18.1 Å². The molecule has 1 unspecified atom stereocenters. The number of benzene rings is 1. The van der Waals surface area contributed by atoms with Gasteiger partial charge in [0, 0.05) is 32.7 Å². The lowest BCUT2D eigenvalue weighted by Crippen LogP contribution is -2.44. The summed E-state index contributed by atoms with van der Waals surface area (Å²) in [6.07, 6.45) is 0.309. The number of aliphatic hydroxyl groups is 1. The van der Waals surface area contributed by atoms with Gasteiger partial charge in [-0.3, -0.25) is 0 Å². The van der Waals surface area contributed by atoms with Gasteiger partial charge < -0.3 is 24.8 Å². The summed E-state index contributed by atoms with van der Waals surface area (Å²) in [7, 11) is 0. The second-order valence-electron chi connectivity index (χ2n) is 5.01. The van der Waals surface area contributed by atoms with Crippen molar-refractivity contribution in [2.45, 2.75) is 12.5 Å². The van der Waals surface area contributed by atoms with E-state index in [9.17, 15) is 5.11 Å². The quantitative estimate of drug-likeness (QED) is 0.840. The van der Waals surface area contributed by atoms with Crippen LogP contribution in [0.4, 0.5) is 0 Å². The molecule has 2 heterocycles. The van der Waals surface area contributed by atoms with Crippen molar-refractivity contribution in [1.29, 1.82) is 0 Å². The standard InChI is InChI=1S/C14H20N2O3/c17-12(3-6-16-7-4-15-5-8-16)11-1-2-13-14(9-11)19-10-18-13/h1-2,9,12,15,17H,3-8,10H2. The van der Waals surface area contributed by atoms with Gasteiger partial charge in [-0.2, -0.15) is 0 Å². The van der Waals surface area contributed by atoms with Gasteiger partial charge in [0.15, 0.2) is 11.5 Å². The number of ether oxygens (including phenoxy) is 2. The Kier molecular flexibility index (Phi) is 3.87. The van der Waals surface area contributed by atoms with Crippen molar-refractivity contribution in [2.75, 3.05) is 39.5 Å². The number of nitrogens with one attached hydrogen (secondary N) is 1. The molecular weight excluding hydrogens is 244 g/mol. The molecule has 2 aliphatic rings. The fourth-order valence-electron chi connectivity index (χ4n) is 2.53. The van der Waals surface area contributed by atoms with Crippen molar-refractivity contribution >= 4 is 0 Å². The van der Waals surface area contributed by atoms with Gasteiger partial charge in [0.1, 0.15) is 0 Å². The van der Waals surface area contributed by atoms with Crippen LogP contribution in [0.15, 0.2) is 18.2 Å². The van der Waals surface area contributed by atoms with Gasteiger partial charge in [0.25, 0.3) is 0 Å². The minimum Gasteiger partial charge on any atom is -0.454 e. The topological polar surface area (TPSA) is 54.0 Å². The normalized spacial score (nSPS) is 20.5. The van der Waals surface area contributed by atoms with Gasteiger partial charge in [-0.1, -0.05) is 6.07 Å². The molecule has 2 aliphatic heterocycles. The van der Waals surface area contributed by atoms with E-state index in [1.807, 2.05) is 18.2 Å². The summed E-state index contributed by atoms with van der Waals surface area (Å²) in [6.45, 7) is 5.41. The van der Waals surface area contributed by atoms with Gasteiger partial charge in [0.2, 0.25) is 6.79 Å². The maximum atomic E-state index is 10.2. The molecular formula is C14H20N2O3. The van der Waals surface area contributed by atoms with E-state index in [1.54, 1.807) is 0 Å². The molecule has 104 valence electrons. The molecule has 1 aromatic rings. The van der Waals surface area contributed by atoms with Gasteiger partial charge in [0.05, 0.1) is 6.10 Å². The summed E-state index contributed by atoms with van der Waals surface area (Å²) < 4.78 is 10.6. The summed E-state index contributed by atoms with van der Waals surface area (Å²) in [5.41, 5.74) is 0.902. The van der Waals surface area contributed by atoms with E-state index in [1.165, 1.54) is 0 Å². The summed E-state index contributed by atoms with van der Waals surface area (Å²) in [5, 5.41) is 13.6. The Hall–Kier alpha value is -1.30. The second-order valence-corrected chi connectivity index (χ2v) is 5.01. The Morgan fingerprint density at radius 3 is 2.84 bits per heavy atom. The predicted molar refractivity (Wildman–Crippen MR) is 71.5 cm³/mol. The Labute approximate surface area is 113 Å². The molecule has 5 heteroatoms. The highest BCUT2D eigenvalue weighted by atomic mass is 16.7. The van der Waals surface area contributed by atoms with E-state index in [2.05, 4.69) is 10.2 Å². The third-order valence-electron chi connectivity index (χ3n) is 3.71. The fourth-order valence-corrected chi connectivity index (χ4v) is 2.53. The SMILES string of the molecule is OC(CCN1CCNCC1)c1ccc2c(c1)OCO2. The number of hydrogen-bond donors (Lipinski definition) is 2. The summed E-state index contributed by atoms with van der Waals surface area (Å²) in [5.74, 6) is 1.50.